The fourth-order valence-corrected chi connectivity index (χ4v) is 3.96. The molecular formula is C13H21NO4S. The van der Waals surface area contributed by atoms with Gasteiger partial charge in [-0.1, -0.05) is 25.9 Å². The average molecular weight is 287 g/mol. The Balaban J connectivity index is 2.10. The van der Waals surface area contributed by atoms with Gasteiger partial charge in [-0.3, -0.25) is 0 Å². The normalized spacial score (nSPS) is 20.9. The topological polar surface area (TPSA) is 69.4 Å². The summed E-state index contributed by atoms with van der Waals surface area (Å²) >= 11 is 0. The molecule has 19 heavy (non-hydrogen) atoms. The van der Waals surface area contributed by atoms with E-state index in [9.17, 15) is 8.42 Å². The average Bonchev–Trinajstić information content (AvgIpc) is 2.86. The molecular weight excluding hydrogens is 266 g/mol. The third-order valence-electron chi connectivity index (χ3n) is 3.19. The highest BCUT2D eigenvalue weighted by Gasteiger charge is 2.28. The minimum absolute atomic E-state index is 0.0248. The molecule has 1 unspecified atom stereocenters. The minimum atomic E-state index is -3.20. The molecule has 1 aliphatic rings. The zero-order chi connectivity index (χ0) is 14.1. The number of nitrogens with zero attached hydrogens (tertiary/aromatic N) is 1. The summed E-state index contributed by atoms with van der Waals surface area (Å²) in [6.07, 6.45) is 3.06. The number of rotatable bonds is 4. The van der Waals surface area contributed by atoms with Gasteiger partial charge in [0.15, 0.2) is 9.84 Å². The predicted octanol–water partition coefficient (Wildman–Crippen LogP) is 2.07. The molecule has 2 rings (SSSR count). The lowest BCUT2D eigenvalue weighted by molar-refractivity contribution is 0.127. The smallest absolute Gasteiger partial charge is 0.157 e. The monoisotopic (exact) mass is 287 g/mol. The summed E-state index contributed by atoms with van der Waals surface area (Å²) in [7, 11) is -3.20. The second-order valence-corrected chi connectivity index (χ2v) is 8.24. The Morgan fingerprint density at radius 3 is 2.74 bits per heavy atom. The van der Waals surface area contributed by atoms with Crippen molar-refractivity contribution in [2.75, 3.05) is 12.4 Å². The summed E-state index contributed by atoms with van der Waals surface area (Å²) in [5.74, 6) is 0.0602. The maximum Gasteiger partial charge on any atom is 0.157 e. The molecule has 0 aromatic carbocycles. The Bertz CT molecular complexity index is 521. The molecule has 1 aromatic heterocycles. The second kappa shape index (κ2) is 5.25. The van der Waals surface area contributed by atoms with Crippen molar-refractivity contribution in [3.63, 3.8) is 0 Å². The maximum atomic E-state index is 12.2. The van der Waals surface area contributed by atoms with E-state index in [1.54, 1.807) is 0 Å². The number of aromatic nitrogens is 1. The fraction of sp³-hybridized carbons (Fsp3) is 0.769. The number of hydrogen-bond acceptors (Lipinski definition) is 5. The highest BCUT2D eigenvalue weighted by atomic mass is 32.2. The first kappa shape index (κ1) is 14.5. The Labute approximate surface area is 114 Å². The van der Waals surface area contributed by atoms with Gasteiger partial charge in [-0.2, -0.15) is 0 Å². The van der Waals surface area contributed by atoms with E-state index in [-0.39, 0.29) is 23.0 Å². The van der Waals surface area contributed by atoms with Gasteiger partial charge in [0.1, 0.15) is 6.26 Å². The van der Waals surface area contributed by atoms with Crippen LogP contribution in [-0.4, -0.2) is 32.0 Å². The molecule has 0 aliphatic carbocycles. The van der Waals surface area contributed by atoms with Crippen molar-refractivity contribution in [3.8, 4) is 0 Å². The molecule has 0 radical (unpaired) electrons. The molecule has 1 atom stereocenters. The molecule has 0 spiro atoms. The van der Waals surface area contributed by atoms with Crippen LogP contribution in [0, 0.1) is 0 Å². The van der Waals surface area contributed by atoms with E-state index in [1.807, 2.05) is 20.8 Å². The van der Waals surface area contributed by atoms with E-state index in [0.717, 1.165) is 12.8 Å². The minimum Gasteiger partial charge on any atom is -0.377 e. The van der Waals surface area contributed by atoms with Crippen LogP contribution >= 0.6 is 0 Å². The van der Waals surface area contributed by atoms with Gasteiger partial charge in [-0.25, -0.2) is 8.42 Å². The van der Waals surface area contributed by atoms with Crippen LogP contribution in [0.4, 0.5) is 0 Å². The summed E-state index contributed by atoms with van der Waals surface area (Å²) in [4.78, 5) is 0. The first-order chi connectivity index (χ1) is 8.78. The molecule has 1 saturated heterocycles. The van der Waals surface area contributed by atoms with E-state index in [0.29, 0.717) is 17.9 Å². The molecule has 1 aromatic rings. The Kier molecular flexibility index (Phi) is 4.01. The fourth-order valence-electron chi connectivity index (χ4n) is 2.33. The molecule has 5 nitrogen and oxygen atoms in total. The van der Waals surface area contributed by atoms with E-state index in [2.05, 4.69) is 5.16 Å². The summed E-state index contributed by atoms with van der Waals surface area (Å²) in [5.41, 5.74) is 1.15. The lowest BCUT2D eigenvalue weighted by Gasteiger charge is -2.16. The molecule has 0 bridgehead atoms. The van der Waals surface area contributed by atoms with E-state index < -0.39 is 9.84 Å². The Hall–Kier alpha value is -0.880. The number of ether oxygens (including phenoxy) is 1. The van der Waals surface area contributed by atoms with Crippen molar-refractivity contribution in [1.29, 1.82) is 0 Å². The van der Waals surface area contributed by atoms with Crippen molar-refractivity contribution < 1.29 is 17.7 Å². The van der Waals surface area contributed by atoms with Crippen LogP contribution in [0.3, 0.4) is 0 Å². The van der Waals surface area contributed by atoms with Crippen molar-refractivity contribution in [2.24, 2.45) is 0 Å². The van der Waals surface area contributed by atoms with E-state index >= 15 is 0 Å². The zero-order valence-electron chi connectivity index (χ0n) is 11.7. The molecule has 0 amide bonds. The largest absolute Gasteiger partial charge is 0.377 e. The van der Waals surface area contributed by atoms with Gasteiger partial charge >= 0.3 is 0 Å². The lowest BCUT2D eigenvalue weighted by Crippen LogP contribution is -2.23. The van der Waals surface area contributed by atoms with Crippen LogP contribution in [0.25, 0.3) is 0 Å². The van der Waals surface area contributed by atoms with Gasteiger partial charge in [-0.05, 0) is 12.8 Å². The van der Waals surface area contributed by atoms with Gasteiger partial charge < -0.3 is 9.26 Å². The van der Waals surface area contributed by atoms with Crippen LogP contribution in [-0.2, 0) is 25.7 Å². The Morgan fingerprint density at radius 1 is 1.42 bits per heavy atom. The molecule has 6 heteroatoms. The molecule has 108 valence electrons. The summed E-state index contributed by atoms with van der Waals surface area (Å²) in [6, 6.07) is 0. The third-order valence-corrected chi connectivity index (χ3v) is 4.82. The zero-order valence-corrected chi connectivity index (χ0v) is 12.5. The van der Waals surface area contributed by atoms with Crippen molar-refractivity contribution in [1.82, 2.24) is 5.16 Å². The van der Waals surface area contributed by atoms with Crippen molar-refractivity contribution in [3.05, 3.63) is 17.5 Å². The molecule has 2 heterocycles. The van der Waals surface area contributed by atoms with E-state index in [4.69, 9.17) is 9.26 Å². The lowest BCUT2D eigenvalue weighted by atomic mass is 9.90. The van der Waals surface area contributed by atoms with Crippen molar-refractivity contribution >= 4 is 9.84 Å². The van der Waals surface area contributed by atoms with Gasteiger partial charge in [0.25, 0.3) is 0 Å². The molecule has 0 N–H and O–H groups in total. The SMILES string of the molecule is CC(C)(C)c1nocc1CS(=O)(=O)CC1CCCO1. The molecule has 1 aliphatic heterocycles. The maximum absolute atomic E-state index is 12.2. The van der Waals surface area contributed by atoms with Crippen molar-refractivity contribution in [2.45, 2.75) is 50.9 Å². The quantitative estimate of drug-likeness (QED) is 0.848. The summed E-state index contributed by atoms with van der Waals surface area (Å²) in [5, 5.41) is 3.93. The van der Waals surface area contributed by atoms with Crippen LogP contribution in [0.2, 0.25) is 0 Å². The standard InChI is InChI=1S/C13H21NO4S/c1-13(2,3)12-10(7-18-14-12)8-19(15,16)9-11-5-4-6-17-11/h7,11H,4-6,8-9H2,1-3H3. The van der Waals surface area contributed by atoms with Crippen LogP contribution in [0.1, 0.15) is 44.9 Å². The number of sulfone groups is 1. The first-order valence-electron chi connectivity index (χ1n) is 6.54. The third kappa shape index (κ3) is 3.79. The number of hydrogen-bond donors (Lipinski definition) is 0. The van der Waals surface area contributed by atoms with Crippen LogP contribution < -0.4 is 0 Å². The Morgan fingerprint density at radius 2 is 2.16 bits per heavy atom. The van der Waals surface area contributed by atoms with Crippen LogP contribution in [0.15, 0.2) is 10.8 Å². The summed E-state index contributed by atoms with van der Waals surface area (Å²) in [6.45, 7) is 6.63. The molecule has 0 saturated carbocycles. The highest BCUT2D eigenvalue weighted by Crippen LogP contribution is 2.26. The van der Waals surface area contributed by atoms with Crippen LogP contribution in [0.5, 0.6) is 0 Å². The molecule has 1 fully saturated rings. The highest BCUT2D eigenvalue weighted by molar-refractivity contribution is 7.90. The second-order valence-electron chi connectivity index (χ2n) is 6.13. The van der Waals surface area contributed by atoms with Gasteiger partial charge in [-0.15, -0.1) is 0 Å². The van der Waals surface area contributed by atoms with Gasteiger partial charge in [0, 0.05) is 17.6 Å². The first-order valence-corrected chi connectivity index (χ1v) is 8.36. The van der Waals surface area contributed by atoms with E-state index in [1.165, 1.54) is 6.26 Å². The van der Waals surface area contributed by atoms with Gasteiger partial charge in [0.2, 0.25) is 0 Å². The predicted molar refractivity (Wildman–Crippen MR) is 71.7 cm³/mol. The van der Waals surface area contributed by atoms with Gasteiger partial charge in [0.05, 0.1) is 23.3 Å². The summed E-state index contributed by atoms with van der Waals surface area (Å²) < 4.78 is 34.7.